The van der Waals surface area contributed by atoms with Gasteiger partial charge < -0.3 is 20.3 Å². The molecule has 1 saturated heterocycles. The Morgan fingerprint density at radius 1 is 1.03 bits per heavy atom. The third kappa shape index (κ3) is 5.89. The second-order valence-electron chi connectivity index (χ2n) is 8.76. The SMILES string of the molecule is Cc1ccc(OCNC(=O)Nc2ccc(N3CCCCC3)cc2)c(C(C)(C)C)c1. The van der Waals surface area contributed by atoms with Crippen LogP contribution < -0.4 is 20.3 Å². The molecule has 1 aliphatic heterocycles. The number of rotatable bonds is 5. The fourth-order valence-corrected chi connectivity index (χ4v) is 3.62. The molecule has 2 amide bonds. The Labute approximate surface area is 174 Å². The lowest BCUT2D eigenvalue weighted by Crippen LogP contribution is -2.32. The normalized spacial score (nSPS) is 14.4. The van der Waals surface area contributed by atoms with E-state index in [1.54, 1.807) is 0 Å². The van der Waals surface area contributed by atoms with Gasteiger partial charge in [-0.05, 0) is 67.5 Å². The highest BCUT2D eigenvalue weighted by Gasteiger charge is 2.19. The van der Waals surface area contributed by atoms with E-state index in [0.29, 0.717) is 0 Å². The second-order valence-corrected chi connectivity index (χ2v) is 8.76. The van der Waals surface area contributed by atoms with Crippen molar-refractivity contribution >= 4 is 17.4 Å². The van der Waals surface area contributed by atoms with Gasteiger partial charge >= 0.3 is 6.03 Å². The van der Waals surface area contributed by atoms with Gasteiger partial charge in [0.1, 0.15) is 5.75 Å². The number of urea groups is 1. The van der Waals surface area contributed by atoms with Crippen LogP contribution >= 0.6 is 0 Å². The van der Waals surface area contributed by atoms with Crippen molar-refractivity contribution in [1.82, 2.24) is 5.32 Å². The largest absolute Gasteiger partial charge is 0.473 e. The van der Waals surface area contributed by atoms with Crippen LogP contribution in [0.3, 0.4) is 0 Å². The van der Waals surface area contributed by atoms with Crippen LogP contribution in [0.2, 0.25) is 0 Å². The molecule has 5 heteroatoms. The van der Waals surface area contributed by atoms with Gasteiger partial charge in [-0.2, -0.15) is 0 Å². The van der Waals surface area contributed by atoms with Crippen molar-refractivity contribution in [3.05, 3.63) is 53.6 Å². The van der Waals surface area contributed by atoms with Crippen LogP contribution in [0.25, 0.3) is 0 Å². The number of nitrogens with zero attached hydrogens (tertiary/aromatic N) is 1. The molecule has 2 N–H and O–H groups in total. The van der Waals surface area contributed by atoms with Crippen molar-refractivity contribution in [1.29, 1.82) is 0 Å². The van der Waals surface area contributed by atoms with E-state index in [2.05, 4.69) is 61.4 Å². The fraction of sp³-hybridized carbons (Fsp3) is 0.458. The molecule has 3 rings (SSSR count). The van der Waals surface area contributed by atoms with E-state index in [4.69, 9.17) is 4.74 Å². The summed E-state index contributed by atoms with van der Waals surface area (Å²) in [5.74, 6) is 0.800. The predicted octanol–water partition coefficient (Wildman–Crippen LogP) is 5.44. The first-order valence-corrected chi connectivity index (χ1v) is 10.5. The second kappa shape index (κ2) is 9.21. The molecule has 0 aliphatic carbocycles. The lowest BCUT2D eigenvalue weighted by Gasteiger charge is -2.28. The minimum absolute atomic E-state index is 0.0281. The number of aryl methyl sites for hydroxylation is 1. The molecule has 1 fully saturated rings. The first-order valence-electron chi connectivity index (χ1n) is 10.5. The minimum Gasteiger partial charge on any atom is -0.473 e. The van der Waals surface area contributed by atoms with Crippen LogP contribution in [-0.4, -0.2) is 25.9 Å². The van der Waals surface area contributed by atoms with E-state index in [9.17, 15) is 4.79 Å². The van der Waals surface area contributed by atoms with Crippen molar-refractivity contribution in [3.8, 4) is 5.75 Å². The van der Waals surface area contributed by atoms with E-state index in [1.165, 1.54) is 30.5 Å². The summed E-state index contributed by atoms with van der Waals surface area (Å²) in [6, 6.07) is 13.9. The summed E-state index contributed by atoms with van der Waals surface area (Å²) in [5, 5.41) is 5.63. The maximum Gasteiger partial charge on any atom is 0.321 e. The first-order chi connectivity index (χ1) is 13.8. The average Bonchev–Trinajstić information content (AvgIpc) is 2.69. The lowest BCUT2D eigenvalue weighted by molar-refractivity contribution is 0.233. The molecule has 1 heterocycles. The number of carbonyl (C=O) groups excluding carboxylic acids is 1. The Morgan fingerprint density at radius 2 is 1.72 bits per heavy atom. The topological polar surface area (TPSA) is 53.6 Å². The summed E-state index contributed by atoms with van der Waals surface area (Å²) in [6.45, 7) is 10.9. The van der Waals surface area contributed by atoms with Crippen LogP contribution in [-0.2, 0) is 5.41 Å². The Bertz CT molecular complexity index is 819. The van der Waals surface area contributed by atoms with E-state index in [0.717, 1.165) is 30.1 Å². The molecule has 0 radical (unpaired) electrons. The van der Waals surface area contributed by atoms with Crippen molar-refractivity contribution in [3.63, 3.8) is 0 Å². The number of ether oxygens (including phenoxy) is 1. The van der Waals surface area contributed by atoms with E-state index in [-0.39, 0.29) is 18.2 Å². The average molecular weight is 396 g/mol. The maximum absolute atomic E-state index is 12.2. The minimum atomic E-state index is -0.278. The number of benzene rings is 2. The molecular weight excluding hydrogens is 362 g/mol. The smallest absolute Gasteiger partial charge is 0.321 e. The number of anilines is 2. The summed E-state index contributed by atoms with van der Waals surface area (Å²) < 4.78 is 5.85. The summed E-state index contributed by atoms with van der Waals surface area (Å²) >= 11 is 0. The number of piperidine rings is 1. The number of nitrogens with one attached hydrogen (secondary N) is 2. The number of carbonyl (C=O) groups is 1. The standard InChI is InChI=1S/C24H33N3O2/c1-18-8-13-22(21(16-18)24(2,3)4)29-17-25-23(28)26-19-9-11-20(12-10-19)27-14-6-5-7-15-27/h8-13,16H,5-7,14-15,17H2,1-4H3,(H2,25,26,28). The van der Waals surface area contributed by atoms with Crippen molar-refractivity contribution in [2.24, 2.45) is 0 Å². The Morgan fingerprint density at radius 3 is 2.38 bits per heavy atom. The van der Waals surface area contributed by atoms with Crippen LogP contribution in [0.1, 0.15) is 51.2 Å². The lowest BCUT2D eigenvalue weighted by atomic mass is 9.85. The van der Waals surface area contributed by atoms with Gasteiger partial charge in [-0.15, -0.1) is 0 Å². The molecule has 5 nitrogen and oxygen atoms in total. The van der Waals surface area contributed by atoms with Gasteiger partial charge in [-0.1, -0.05) is 38.5 Å². The summed E-state index contributed by atoms with van der Waals surface area (Å²) in [6.07, 6.45) is 3.82. The summed E-state index contributed by atoms with van der Waals surface area (Å²) in [5.41, 5.74) is 4.29. The zero-order chi connectivity index (χ0) is 20.9. The van der Waals surface area contributed by atoms with Crippen molar-refractivity contribution < 1.29 is 9.53 Å². The van der Waals surface area contributed by atoms with Gasteiger partial charge in [0.05, 0.1) is 0 Å². The van der Waals surface area contributed by atoms with Crippen LogP contribution in [0.15, 0.2) is 42.5 Å². The number of amides is 2. The summed E-state index contributed by atoms with van der Waals surface area (Å²) in [4.78, 5) is 14.6. The molecule has 156 valence electrons. The summed E-state index contributed by atoms with van der Waals surface area (Å²) in [7, 11) is 0. The highest BCUT2D eigenvalue weighted by Crippen LogP contribution is 2.32. The quantitative estimate of drug-likeness (QED) is 0.663. The van der Waals surface area contributed by atoms with Gasteiger partial charge in [0, 0.05) is 24.5 Å². The molecule has 0 aromatic heterocycles. The zero-order valence-corrected chi connectivity index (χ0v) is 18.0. The molecule has 0 atom stereocenters. The highest BCUT2D eigenvalue weighted by molar-refractivity contribution is 5.89. The fourth-order valence-electron chi connectivity index (χ4n) is 3.62. The molecule has 0 spiro atoms. The first kappa shape index (κ1) is 21.0. The van der Waals surface area contributed by atoms with Crippen molar-refractivity contribution in [2.45, 2.75) is 52.4 Å². The number of hydrogen-bond donors (Lipinski definition) is 2. The molecule has 2 aromatic carbocycles. The van der Waals surface area contributed by atoms with Gasteiger partial charge in [0.25, 0.3) is 0 Å². The molecule has 0 saturated carbocycles. The predicted molar refractivity (Wildman–Crippen MR) is 120 cm³/mol. The van der Waals surface area contributed by atoms with Crippen molar-refractivity contribution in [2.75, 3.05) is 30.0 Å². The van der Waals surface area contributed by atoms with Crippen LogP contribution in [0.4, 0.5) is 16.2 Å². The molecule has 29 heavy (non-hydrogen) atoms. The number of hydrogen-bond acceptors (Lipinski definition) is 3. The molecule has 0 unspecified atom stereocenters. The van der Waals surface area contributed by atoms with Gasteiger partial charge in [0.15, 0.2) is 6.73 Å². The van der Waals surface area contributed by atoms with Crippen LogP contribution in [0.5, 0.6) is 5.75 Å². The molecule has 2 aromatic rings. The third-order valence-electron chi connectivity index (χ3n) is 5.25. The van der Waals surface area contributed by atoms with Gasteiger partial charge in [-0.3, -0.25) is 0 Å². The Hall–Kier alpha value is -2.69. The van der Waals surface area contributed by atoms with E-state index in [1.807, 2.05) is 24.3 Å². The molecular formula is C24H33N3O2. The molecule has 0 bridgehead atoms. The molecule has 1 aliphatic rings. The van der Waals surface area contributed by atoms with Gasteiger partial charge in [-0.25, -0.2) is 4.79 Å². The maximum atomic E-state index is 12.2. The van der Waals surface area contributed by atoms with Crippen LogP contribution in [0, 0.1) is 6.92 Å². The van der Waals surface area contributed by atoms with Gasteiger partial charge in [0.2, 0.25) is 0 Å². The zero-order valence-electron chi connectivity index (χ0n) is 18.0. The Balaban J connectivity index is 1.50. The van der Waals surface area contributed by atoms with E-state index >= 15 is 0 Å². The highest BCUT2D eigenvalue weighted by atomic mass is 16.5. The monoisotopic (exact) mass is 395 g/mol. The third-order valence-corrected chi connectivity index (χ3v) is 5.25. The Kier molecular flexibility index (Phi) is 6.68. The van der Waals surface area contributed by atoms with E-state index < -0.39 is 0 Å².